The van der Waals surface area contributed by atoms with Crippen LogP contribution in [0.3, 0.4) is 0 Å². The number of rotatable bonds is 6. The molecule has 0 aliphatic heterocycles. The number of nitrogens with zero attached hydrogens (tertiary/aromatic N) is 1. The summed E-state index contributed by atoms with van der Waals surface area (Å²) in [6.07, 6.45) is 2.54. The van der Waals surface area contributed by atoms with Gasteiger partial charge in [-0.3, -0.25) is 4.79 Å². The van der Waals surface area contributed by atoms with Crippen molar-refractivity contribution in [1.29, 1.82) is 0 Å². The number of carbonyl (C=O) groups excluding carboxylic acids is 1. The number of carbonyl (C=O) groups is 1. The maximum Gasteiger partial charge on any atom is 0.306 e. The third-order valence-electron chi connectivity index (χ3n) is 3.57. The Morgan fingerprint density at radius 2 is 1.96 bits per heavy atom. The monoisotopic (exact) mass is 340 g/mol. The zero-order chi connectivity index (χ0) is 16.8. The molecule has 0 saturated heterocycles. The Morgan fingerprint density at radius 3 is 2.75 bits per heavy atom. The maximum atomic E-state index is 11.8. The van der Waals surface area contributed by atoms with E-state index in [2.05, 4.69) is 9.97 Å². The van der Waals surface area contributed by atoms with Gasteiger partial charge in [0.1, 0.15) is 12.4 Å². The lowest BCUT2D eigenvalue weighted by Gasteiger charge is -2.04. The van der Waals surface area contributed by atoms with E-state index in [-0.39, 0.29) is 12.4 Å². The van der Waals surface area contributed by atoms with Crippen LogP contribution in [0.25, 0.3) is 11.3 Å². The zero-order valence-electron chi connectivity index (χ0n) is 13.0. The molecule has 0 unspecified atom stereocenters. The first kappa shape index (κ1) is 16.3. The van der Waals surface area contributed by atoms with E-state index in [1.54, 1.807) is 6.20 Å². The van der Waals surface area contributed by atoms with Crippen LogP contribution in [0.1, 0.15) is 17.8 Å². The fourth-order valence-corrected chi connectivity index (χ4v) is 2.51. The van der Waals surface area contributed by atoms with E-state index in [1.165, 1.54) is 0 Å². The molecule has 3 aromatic rings. The number of aromatic nitrogens is 2. The van der Waals surface area contributed by atoms with Gasteiger partial charge in [-0.1, -0.05) is 54.1 Å². The number of nitrogens with one attached hydrogen (secondary N) is 1. The summed E-state index contributed by atoms with van der Waals surface area (Å²) in [5.74, 6) is 0.515. The van der Waals surface area contributed by atoms with E-state index >= 15 is 0 Å². The Bertz CT molecular complexity index is 815. The molecule has 1 heterocycles. The number of ether oxygens (including phenoxy) is 1. The van der Waals surface area contributed by atoms with Gasteiger partial charge in [0.2, 0.25) is 0 Å². The smallest absolute Gasteiger partial charge is 0.306 e. The van der Waals surface area contributed by atoms with Crippen molar-refractivity contribution in [3.05, 3.63) is 77.2 Å². The van der Waals surface area contributed by atoms with Gasteiger partial charge in [-0.2, -0.15) is 0 Å². The first-order valence-corrected chi connectivity index (χ1v) is 8.08. The molecule has 3 rings (SSSR count). The number of hydrogen-bond donors (Lipinski definition) is 1. The summed E-state index contributed by atoms with van der Waals surface area (Å²) in [7, 11) is 0. The quantitative estimate of drug-likeness (QED) is 0.676. The van der Waals surface area contributed by atoms with Crippen LogP contribution in [0.4, 0.5) is 0 Å². The van der Waals surface area contributed by atoms with Gasteiger partial charge in [0.25, 0.3) is 0 Å². The molecule has 0 aliphatic rings. The van der Waals surface area contributed by atoms with Crippen LogP contribution < -0.4 is 0 Å². The average molecular weight is 341 g/mol. The summed E-state index contributed by atoms with van der Waals surface area (Å²) in [6.45, 7) is 0.297. The van der Waals surface area contributed by atoms with Crippen molar-refractivity contribution in [1.82, 2.24) is 9.97 Å². The van der Waals surface area contributed by atoms with E-state index in [0.717, 1.165) is 22.6 Å². The normalized spacial score (nSPS) is 10.5. The largest absolute Gasteiger partial charge is 0.461 e. The number of benzene rings is 2. The highest BCUT2D eigenvalue weighted by Gasteiger charge is 2.08. The van der Waals surface area contributed by atoms with Gasteiger partial charge in [0, 0.05) is 17.0 Å². The van der Waals surface area contributed by atoms with Gasteiger partial charge in [-0.15, -0.1) is 0 Å². The highest BCUT2D eigenvalue weighted by molar-refractivity contribution is 6.30. The summed E-state index contributed by atoms with van der Waals surface area (Å²) < 4.78 is 5.26. The van der Waals surface area contributed by atoms with Crippen LogP contribution in [0, 0.1) is 0 Å². The molecule has 122 valence electrons. The maximum absolute atomic E-state index is 11.8. The number of aromatic amines is 1. The van der Waals surface area contributed by atoms with E-state index < -0.39 is 0 Å². The molecule has 4 nitrogen and oxygen atoms in total. The first-order chi connectivity index (χ1) is 11.7. The van der Waals surface area contributed by atoms with Crippen molar-refractivity contribution in [3.8, 4) is 11.3 Å². The highest BCUT2D eigenvalue weighted by Crippen LogP contribution is 2.21. The van der Waals surface area contributed by atoms with Gasteiger partial charge in [0.15, 0.2) is 0 Å². The highest BCUT2D eigenvalue weighted by atomic mass is 35.5. The molecular formula is C19H17ClN2O2. The minimum Gasteiger partial charge on any atom is -0.461 e. The number of esters is 1. The lowest BCUT2D eigenvalue weighted by Crippen LogP contribution is -2.06. The van der Waals surface area contributed by atoms with E-state index in [0.29, 0.717) is 18.1 Å². The van der Waals surface area contributed by atoms with Crippen LogP contribution in [-0.4, -0.2) is 15.9 Å². The van der Waals surface area contributed by atoms with Gasteiger partial charge >= 0.3 is 5.97 Å². The number of imidazole rings is 1. The second-order valence-corrected chi connectivity index (χ2v) is 5.84. The van der Waals surface area contributed by atoms with Gasteiger partial charge in [-0.05, 0) is 17.7 Å². The molecule has 0 atom stereocenters. The first-order valence-electron chi connectivity index (χ1n) is 7.70. The lowest BCUT2D eigenvalue weighted by molar-refractivity contribution is -0.144. The van der Waals surface area contributed by atoms with Gasteiger partial charge in [0.05, 0.1) is 18.3 Å². The molecule has 1 aromatic heterocycles. The molecule has 24 heavy (non-hydrogen) atoms. The van der Waals surface area contributed by atoms with Crippen molar-refractivity contribution in [2.75, 3.05) is 0 Å². The molecule has 0 aliphatic carbocycles. The number of hydrogen-bond acceptors (Lipinski definition) is 3. The standard InChI is InChI=1S/C19H17ClN2O2/c20-16-8-4-7-15(11-16)17-12-21-18(22-17)9-10-19(23)24-13-14-5-2-1-3-6-14/h1-8,11-12H,9-10,13H2,(H,21,22). The SMILES string of the molecule is O=C(CCc1ncc(-c2cccc(Cl)c2)[nH]1)OCc1ccccc1. The Balaban J connectivity index is 1.51. The second-order valence-electron chi connectivity index (χ2n) is 5.40. The zero-order valence-corrected chi connectivity index (χ0v) is 13.8. The van der Waals surface area contributed by atoms with Crippen LogP contribution >= 0.6 is 11.6 Å². The molecule has 0 fully saturated rings. The van der Waals surface area contributed by atoms with Crippen molar-refractivity contribution in [2.45, 2.75) is 19.4 Å². The number of aryl methyl sites for hydroxylation is 1. The Labute approximate surface area is 145 Å². The predicted molar refractivity (Wildman–Crippen MR) is 93.6 cm³/mol. The molecular weight excluding hydrogens is 324 g/mol. The van der Waals surface area contributed by atoms with Gasteiger partial charge < -0.3 is 9.72 Å². The third-order valence-corrected chi connectivity index (χ3v) is 3.81. The molecule has 0 bridgehead atoms. The predicted octanol–water partition coefficient (Wildman–Crippen LogP) is 4.41. The summed E-state index contributed by atoms with van der Waals surface area (Å²) in [4.78, 5) is 19.3. The summed E-state index contributed by atoms with van der Waals surface area (Å²) >= 11 is 5.99. The van der Waals surface area contributed by atoms with Crippen LogP contribution in [-0.2, 0) is 22.6 Å². The summed E-state index contributed by atoms with van der Waals surface area (Å²) in [6, 6.07) is 17.2. The molecule has 5 heteroatoms. The fourth-order valence-electron chi connectivity index (χ4n) is 2.32. The van der Waals surface area contributed by atoms with Crippen molar-refractivity contribution >= 4 is 17.6 Å². The number of halogens is 1. The van der Waals surface area contributed by atoms with Crippen molar-refractivity contribution in [3.63, 3.8) is 0 Å². The van der Waals surface area contributed by atoms with E-state index in [9.17, 15) is 4.79 Å². The lowest BCUT2D eigenvalue weighted by atomic mass is 10.2. The molecule has 0 amide bonds. The third kappa shape index (κ3) is 4.46. The summed E-state index contributed by atoms with van der Waals surface area (Å²) in [5, 5.41) is 0.674. The summed E-state index contributed by atoms with van der Waals surface area (Å²) in [5.41, 5.74) is 2.82. The minimum atomic E-state index is -0.237. The van der Waals surface area contributed by atoms with Crippen LogP contribution in [0.2, 0.25) is 5.02 Å². The molecule has 2 aromatic carbocycles. The molecule has 0 spiro atoms. The Morgan fingerprint density at radius 1 is 1.12 bits per heavy atom. The van der Waals surface area contributed by atoms with Gasteiger partial charge in [-0.25, -0.2) is 4.98 Å². The topological polar surface area (TPSA) is 55.0 Å². The van der Waals surface area contributed by atoms with Crippen molar-refractivity contribution in [2.24, 2.45) is 0 Å². The van der Waals surface area contributed by atoms with Crippen LogP contribution in [0.5, 0.6) is 0 Å². The molecule has 0 radical (unpaired) electrons. The number of H-pyrrole nitrogens is 1. The molecule has 1 N–H and O–H groups in total. The minimum absolute atomic E-state index is 0.237. The molecule has 0 saturated carbocycles. The fraction of sp³-hybridized carbons (Fsp3) is 0.158. The van der Waals surface area contributed by atoms with E-state index in [1.807, 2.05) is 54.6 Å². The average Bonchev–Trinajstić information content (AvgIpc) is 3.08. The Kier molecular flexibility index (Phi) is 5.29. The van der Waals surface area contributed by atoms with Crippen LogP contribution in [0.15, 0.2) is 60.8 Å². The second kappa shape index (κ2) is 7.79. The Hall–Kier alpha value is -2.59. The van der Waals surface area contributed by atoms with Crippen molar-refractivity contribution < 1.29 is 9.53 Å². The van der Waals surface area contributed by atoms with E-state index in [4.69, 9.17) is 16.3 Å².